The first-order valence-electron chi connectivity index (χ1n) is 10.7. The molecule has 1 heterocycles. The van der Waals surface area contributed by atoms with E-state index < -0.39 is 0 Å². The number of hydrogen-bond acceptors (Lipinski definition) is 6. The third kappa shape index (κ3) is 5.73. The molecule has 1 aromatic heterocycles. The summed E-state index contributed by atoms with van der Waals surface area (Å²) in [7, 11) is 1.61. The van der Waals surface area contributed by atoms with Crippen LogP contribution in [0, 0.1) is 5.92 Å². The van der Waals surface area contributed by atoms with Gasteiger partial charge in [-0.3, -0.25) is 0 Å². The van der Waals surface area contributed by atoms with Crippen molar-refractivity contribution >= 4 is 0 Å². The molecule has 2 aromatic carbocycles. The molecule has 31 heavy (non-hydrogen) atoms. The van der Waals surface area contributed by atoms with Crippen LogP contribution in [0.1, 0.15) is 30.9 Å². The molecule has 0 saturated heterocycles. The predicted octanol–water partition coefficient (Wildman–Crippen LogP) is 4.90. The first-order chi connectivity index (χ1) is 15.3. The fraction of sp³-hybridized carbons (Fsp3) is 0.360. The number of aromatic nitrogens is 2. The van der Waals surface area contributed by atoms with Crippen LogP contribution in [0.5, 0.6) is 17.2 Å². The minimum atomic E-state index is 0.219. The largest absolute Gasteiger partial charge is 0.493 e. The Balaban J connectivity index is 1.69. The van der Waals surface area contributed by atoms with Crippen molar-refractivity contribution in [2.24, 2.45) is 5.92 Å². The van der Waals surface area contributed by atoms with Gasteiger partial charge in [0.25, 0.3) is 0 Å². The zero-order valence-electron chi connectivity index (χ0n) is 18.0. The van der Waals surface area contributed by atoms with Crippen molar-refractivity contribution in [2.75, 3.05) is 27.1 Å². The van der Waals surface area contributed by atoms with Gasteiger partial charge in [-0.1, -0.05) is 12.1 Å². The van der Waals surface area contributed by atoms with E-state index in [1.807, 2.05) is 43.6 Å². The predicted molar refractivity (Wildman–Crippen MR) is 119 cm³/mol. The average Bonchev–Trinajstić information content (AvgIpc) is 3.62. The van der Waals surface area contributed by atoms with E-state index in [-0.39, 0.29) is 6.79 Å². The van der Waals surface area contributed by atoms with E-state index in [1.54, 1.807) is 13.4 Å². The zero-order valence-corrected chi connectivity index (χ0v) is 18.0. The fourth-order valence-electron chi connectivity index (χ4n) is 3.41. The first-order valence-corrected chi connectivity index (χ1v) is 10.7. The number of benzene rings is 2. The number of hydrogen-bond donors (Lipinski definition) is 0. The highest BCUT2D eigenvalue weighted by molar-refractivity contribution is 5.78. The monoisotopic (exact) mass is 420 g/mol. The summed E-state index contributed by atoms with van der Waals surface area (Å²) in [5, 5.41) is 0. The van der Waals surface area contributed by atoms with Crippen LogP contribution >= 0.6 is 0 Å². The van der Waals surface area contributed by atoms with Gasteiger partial charge in [-0.25, -0.2) is 9.97 Å². The van der Waals surface area contributed by atoms with E-state index in [0.29, 0.717) is 18.9 Å². The summed E-state index contributed by atoms with van der Waals surface area (Å²) in [6.07, 6.45) is 8.41. The van der Waals surface area contributed by atoms with Crippen molar-refractivity contribution in [3.8, 4) is 28.4 Å². The summed E-state index contributed by atoms with van der Waals surface area (Å²) >= 11 is 0. The van der Waals surface area contributed by atoms with Gasteiger partial charge in [0.05, 0.1) is 18.8 Å². The van der Waals surface area contributed by atoms with Crippen molar-refractivity contribution < 1.29 is 18.9 Å². The molecule has 4 rings (SSSR count). The maximum Gasteiger partial charge on any atom is 0.188 e. The van der Waals surface area contributed by atoms with Crippen LogP contribution in [0.4, 0.5) is 0 Å². The highest BCUT2D eigenvalue weighted by Gasteiger charge is 2.24. The second-order valence-electron chi connectivity index (χ2n) is 7.65. The van der Waals surface area contributed by atoms with Gasteiger partial charge >= 0.3 is 0 Å². The Labute approximate surface area is 183 Å². The van der Waals surface area contributed by atoms with Crippen LogP contribution in [0.2, 0.25) is 0 Å². The van der Waals surface area contributed by atoms with E-state index in [4.69, 9.17) is 18.9 Å². The Morgan fingerprint density at radius 3 is 2.26 bits per heavy atom. The molecule has 6 heteroatoms. The van der Waals surface area contributed by atoms with Crippen LogP contribution in [-0.4, -0.2) is 37.1 Å². The van der Waals surface area contributed by atoms with Crippen molar-refractivity contribution in [3.63, 3.8) is 0 Å². The van der Waals surface area contributed by atoms with Crippen molar-refractivity contribution in [3.05, 3.63) is 66.2 Å². The van der Waals surface area contributed by atoms with Crippen LogP contribution < -0.4 is 14.2 Å². The molecule has 0 unspecified atom stereocenters. The molecule has 0 spiro atoms. The maximum absolute atomic E-state index is 6.31. The Morgan fingerprint density at radius 1 is 0.903 bits per heavy atom. The molecule has 1 fully saturated rings. The number of ether oxygens (including phenoxy) is 4. The van der Waals surface area contributed by atoms with E-state index in [0.717, 1.165) is 46.1 Å². The summed E-state index contributed by atoms with van der Waals surface area (Å²) in [6.45, 7) is 3.51. The summed E-state index contributed by atoms with van der Waals surface area (Å²) in [6, 6.07) is 12.1. The topological polar surface area (TPSA) is 62.7 Å². The molecule has 1 aliphatic carbocycles. The van der Waals surface area contributed by atoms with Crippen molar-refractivity contribution in [1.82, 2.24) is 9.97 Å². The zero-order chi connectivity index (χ0) is 21.5. The molecule has 0 bridgehead atoms. The minimum Gasteiger partial charge on any atom is -0.493 e. The van der Waals surface area contributed by atoms with E-state index in [1.165, 1.54) is 12.8 Å². The lowest BCUT2D eigenvalue weighted by Crippen LogP contribution is -2.04. The van der Waals surface area contributed by atoms with Gasteiger partial charge in [0.15, 0.2) is 6.79 Å². The second-order valence-corrected chi connectivity index (χ2v) is 7.65. The third-order valence-corrected chi connectivity index (χ3v) is 5.11. The lowest BCUT2D eigenvalue weighted by Gasteiger charge is -2.18. The quantitative estimate of drug-likeness (QED) is 0.411. The van der Waals surface area contributed by atoms with Gasteiger partial charge in [-0.2, -0.15) is 0 Å². The molecular formula is C25H28N2O4. The average molecular weight is 421 g/mol. The number of rotatable bonds is 11. The standard InChI is InChI=1S/C25H28N2O4/c1-3-29-23-11-19(10-20-13-26-16-27-14-20)12-24(30-15-18-4-5-18)25(23)21-6-8-22(9-7-21)31-17-28-2/h6-9,11-14,16,18H,3-5,10,15,17H2,1-2H3. The van der Waals surface area contributed by atoms with Crippen LogP contribution in [0.3, 0.4) is 0 Å². The molecule has 0 N–H and O–H groups in total. The van der Waals surface area contributed by atoms with Gasteiger partial charge in [0.2, 0.25) is 0 Å². The van der Waals surface area contributed by atoms with Crippen LogP contribution in [0.25, 0.3) is 11.1 Å². The first kappa shape index (κ1) is 21.1. The number of methoxy groups -OCH3 is 1. The summed E-state index contributed by atoms with van der Waals surface area (Å²) in [5.74, 6) is 3.06. The normalized spacial score (nSPS) is 13.1. The number of nitrogens with zero attached hydrogens (tertiary/aromatic N) is 2. The van der Waals surface area contributed by atoms with Crippen molar-refractivity contribution in [1.29, 1.82) is 0 Å². The lowest BCUT2D eigenvalue weighted by molar-refractivity contribution is 0.0511. The van der Waals surface area contributed by atoms with Crippen LogP contribution in [-0.2, 0) is 11.2 Å². The van der Waals surface area contributed by atoms with Gasteiger partial charge in [-0.05, 0) is 66.6 Å². The molecule has 3 aromatic rings. The smallest absolute Gasteiger partial charge is 0.188 e. The van der Waals surface area contributed by atoms with E-state index in [2.05, 4.69) is 22.1 Å². The van der Waals surface area contributed by atoms with Gasteiger partial charge in [0, 0.05) is 25.9 Å². The van der Waals surface area contributed by atoms with E-state index in [9.17, 15) is 0 Å². The molecule has 0 atom stereocenters. The summed E-state index contributed by atoms with van der Waals surface area (Å²) in [5.41, 5.74) is 4.14. The Hall–Kier alpha value is -3.12. The molecule has 0 amide bonds. The molecule has 162 valence electrons. The molecule has 6 nitrogen and oxygen atoms in total. The Kier molecular flexibility index (Phi) is 6.99. The summed E-state index contributed by atoms with van der Waals surface area (Å²) in [4.78, 5) is 8.26. The molecular weight excluding hydrogens is 392 g/mol. The Morgan fingerprint density at radius 2 is 1.61 bits per heavy atom. The minimum absolute atomic E-state index is 0.219. The second kappa shape index (κ2) is 10.3. The maximum atomic E-state index is 6.31. The Bertz CT molecular complexity index is 973. The fourth-order valence-corrected chi connectivity index (χ4v) is 3.41. The van der Waals surface area contributed by atoms with Crippen LogP contribution in [0.15, 0.2) is 55.1 Å². The van der Waals surface area contributed by atoms with Gasteiger partial charge in [-0.15, -0.1) is 0 Å². The molecule has 0 aliphatic heterocycles. The molecule has 0 radical (unpaired) electrons. The van der Waals surface area contributed by atoms with E-state index >= 15 is 0 Å². The highest BCUT2D eigenvalue weighted by Crippen LogP contribution is 2.42. The highest BCUT2D eigenvalue weighted by atomic mass is 16.7. The van der Waals surface area contributed by atoms with Gasteiger partial charge < -0.3 is 18.9 Å². The third-order valence-electron chi connectivity index (χ3n) is 5.11. The summed E-state index contributed by atoms with van der Waals surface area (Å²) < 4.78 is 22.9. The SMILES string of the molecule is CCOc1cc(Cc2cncnc2)cc(OCC2CC2)c1-c1ccc(OCOC)cc1. The molecule has 1 saturated carbocycles. The van der Waals surface area contributed by atoms with Crippen molar-refractivity contribution in [2.45, 2.75) is 26.2 Å². The lowest BCUT2D eigenvalue weighted by atomic mass is 9.98. The van der Waals surface area contributed by atoms with Gasteiger partial charge in [0.1, 0.15) is 23.6 Å². The molecule has 1 aliphatic rings.